The average Bonchev–Trinajstić information content (AvgIpc) is 2.91. The summed E-state index contributed by atoms with van der Waals surface area (Å²) in [4.78, 5) is 44.9. The van der Waals surface area contributed by atoms with E-state index < -0.39 is 39.2 Å². The Kier molecular flexibility index (Phi) is 8.75. The normalized spacial score (nSPS) is 28.5. The Labute approximate surface area is 263 Å². The molecule has 3 aliphatic rings. The zero-order chi connectivity index (χ0) is 33.0. The third-order valence-electron chi connectivity index (χ3n) is 10.8. The van der Waals surface area contributed by atoms with E-state index in [1.807, 2.05) is 54.5 Å². The molecule has 1 aliphatic heterocycles. The van der Waals surface area contributed by atoms with Gasteiger partial charge in [0, 0.05) is 5.56 Å². The molecule has 44 heavy (non-hydrogen) atoms. The van der Waals surface area contributed by atoms with E-state index >= 15 is 9.59 Å². The van der Waals surface area contributed by atoms with Gasteiger partial charge in [0.1, 0.15) is 22.3 Å². The second-order valence-corrected chi connectivity index (χ2v) is 15.1. The minimum atomic E-state index is -1.49. The molecule has 1 aromatic carbocycles. The molecule has 1 heterocycles. The van der Waals surface area contributed by atoms with Crippen molar-refractivity contribution in [2.75, 3.05) is 0 Å². The van der Waals surface area contributed by atoms with Crippen molar-refractivity contribution in [1.29, 1.82) is 0 Å². The summed E-state index contributed by atoms with van der Waals surface area (Å²) in [7, 11) is 0. The van der Waals surface area contributed by atoms with Gasteiger partial charge in [-0.1, -0.05) is 42.7 Å². The molecule has 0 radical (unpaired) electrons. The van der Waals surface area contributed by atoms with E-state index in [4.69, 9.17) is 4.74 Å². The molecule has 1 aromatic rings. The molecule has 1 saturated carbocycles. The van der Waals surface area contributed by atoms with Gasteiger partial charge < -0.3 is 14.9 Å². The SMILES string of the molecule is C=C(C)CCC1CC23CC(CC=C(C)C)C(C)(C)C(CC=C(C)C)(C(=O)C(C(=O)c4ccc(O)c(O)c4)=C2OC1(C)C)C3=O. The highest BCUT2D eigenvalue weighted by atomic mass is 16.5. The van der Waals surface area contributed by atoms with Crippen LogP contribution in [0.5, 0.6) is 11.5 Å². The third-order valence-corrected chi connectivity index (χ3v) is 10.8. The zero-order valence-electron chi connectivity index (χ0n) is 28.0. The summed E-state index contributed by atoms with van der Waals surface area (Å²) in [5.41, 5.74) is -1.00. The van der Waals surface area contributed by atoms with Gasteiger partial charge in [-0.15, -0.1) is 6.58 Å². The first kappa shape index (κ1) is 33.5. The van der Waals surface area contributed by atoms with Gasteiger partial charge in [-0.05, 0) is 122 Å². The van der Waals surface area contributed by atoms with Crippen LogP contribution in [0.1, 0.15) is 111 Å². The minimum absolute atomic E-state index is 0.0133. The van der Waals surface area contributed by atoms with E-state index in [1.165, 1.54) is 23.8 Å². The molecule has 2 aliphatic carbocycles. The number of carbonyl (C=O) groups excluding carboxylic acids is 3. The number of hydrogen-bond acceptors (Lipinski definition) is 6. The fraction of sp³-hybridized carbons (Fsp3) is 0.553. The smallest absolute Gasteiger partial charge is 0.200 e. The summed E-state index contributed by atoms with van der Waals surface area (Å²) >= 11 is 0. The van der Waals surface area contributed by atoms with Crippen molar-refractivity contribution < 1.29 is 29.3 Å². The molecule has 6 nitrogen and oxygen atoms in total. The maximum atomic E-state index is 15.3. The number of fused-ring (bicyclic) bond motifs is 1. The summed E-state index contributed by atoms with van der Waals surface area (Å²) in [6.07, 6.45) is 7.55. The molecule has 0 aromatic heterocycles. The molecule has 4 rings (SSSR count). The van der Waals surface area contributed by atoms with Gasteiger partial charge in [0.15, 0.2) is 28.8 Å². The topological polar surface area (TPSA) is 101 Å². The molecule has 6 heteroatoms. The van der Waals surface area contributed by atoms with Gasteiger partial charge in [0.05, 0.1) is 5.41 Å². The molecule has 4 atom stereocenters. The van der Waals surface area contributed by atoms with Crippen LogP contribution in [0.25, 0.3) is 0 Å². The van der Waals surface area contributed by atoms with Crippen molar-refractivity contribution in [3.8, 4) is 11.5 Å². The first-order chi connectivity index (χ1) is 20.3. The van der Waals surface area contributed by atoms with E-state index in [0.29, 0.717) is 19.3 Å². The predicted molar refractivity (Wildman–Crippen MR) is 173 cm³/mol. The summed E-state index contributed by atoms with van der Waals surface area (Å²) in [5, 5.41) is 20.2. The van der Waals surface area contributed by atoms with Crippen LogP contribution in [0.15, 0.2) is 65.0 Å². The fourth-order valence-electron chi connectivity index (χ4n) is 7.84. The number of aromatic hydroxyl groups is 2. The van der Waals surface area contributed by atoms with Crippen molar-refractivity contribution in [3.05, 3.63) is 70.5 Å². The lowest BCUT2D eigenvalue weighted by atomic mass is 9.39. The van der Waals surface area contributed by atoms with Gasteiger partial charge in [-0.2, -0.15) is 0 Å². The van der Waals surface area contributed by atoms with E-state index in [9.17, 15) is 15.0 Å². The van der Waals surface area contributed by atoms with Gasteiger partial charge >= 0.3 is 0 Å². The quantitative estimate of drug-likeness (QED) is 0.0965. The van der Waals surface area contributed by atoms with E-state index in [0.717, 1.165) is 24.0 Å². The number of benzene rings is 1. The van der Waals surface area contributed by atoms with Crippen LogP contribution in [-0.4, -0.2) is 33.2 Å². The zero-order valence-corrected chi connectivity index (χ0v) is 28.0. The van der Waals surface area contributed by atoms with Crippen LogP contribution in [0.3, 0.4) is 0 Å². The van der Waals surface area contributed by atoms with Crippen LogP contribution in [0.4, 0.5) is 0 Å². The number of phenolic OH excluding ortho intramolecular Hbond substituents is 2. The largest absolute Gasteiger partial charge is 0.504 e. The number of ether oxygens (including phenoxy) is 1. The lowest BCUT2D eigenvalue weighted by Gasteiger charge is -2.64. The lowest BCUT2D eigenvalue weighted by Crippen LogP contribution is -2.69. The van der Waals surface area contributed by atoms with Crippen LogP contribution < -0.4 is 0 Å². The molecule has 1 spiro atoms. The molecule has 238 valence electrons. The molecule has 0 amide bonds. The number of hydrogen-bond donors (Lipinski definition) is 2. The van der Waals surface area contributed by atoms with Crippen molar-refractivity contribution in [1.82, 2.24) is 0 Å². The number of phenols is 2. The van der Waals surface area contributed by atoms with Crippen LogP contribution in [0, 0.1) is 28.1 Å². The fourth-order valence-corrected chi connectivity index (χ4v) is 7.84. The Balaban J connectivity index is 2.08. The number of carbonyl (C=O) groups is 3. The summed E-state index contributed by atoms with van der Waals surface area (Å²) in [6.45, 7) is 22.1. The third kappa shape index (κ3) is 5.28. The highest BCUT2D eigenvalue weighted by Gasteiger charge is 2.74. The van der Waals surface area contributed by atoms with Gasteiger partial charge in [-0.3, -0.25) is 14.4 Å². The van der Waals surface area contributed by atoms with Crippen molar-refractivity contribution in [2.24, 2.45) is 28.1 Å². The summed E-state index contributed by atoms with van der Waals surface area (Å²) in [6, 6.07) is 3.80. The number of ketones is 3. The van der Waals surface area contributed by atoms with Crippen molar-refractivity contribution in [2.45, 2.75) is 106 Å². The first-order valence-corrected chi connectivity index (χ1v) is 15.8. The van der Waals surface area contributed by atoms with Crippen LogP contribution >= 0.6 is 0 Å². The second kappa shape index (κ2) is 11.5. The predicted octanol–water partition coefficient (Wildman–Crippen LogP) is 8.59. The average molecular weight is 603 g/mol. The minimum Gasteiger partial charge on any atom is -0.504 e. The Bertz CT molecular complexity index is 1490. The highest BCUT2D eigenvalue weighted by molar-refractivity contribution is 6.35. The lowest BCUT2D eigenvalue weighted by molar-refractivity contribution is -0.189. The Morgan fingerprint density at radius 3 is 2.14 bits per heavy atom. The van der Waals surface area contributed by atoms with Gasteiger partial charge in [0.2, 0.25) is 0 Å². The highest BCUT2D eigenvalue weighted by Crippen LogP contribution is 2.69. The van der Waals surface area contributed by atoms with Gasteiger partial charge in [0.25, 0.3) is 0 Å². The summed E-state index contributed by atoms with van der Waals surface area (Å²) < 4.78 is 6.81. The van der Waals surface area contributed by atoms with E-state index in [1.54, 1.807) is 0 Å². The molecule has 2 bridgehead atoms. The Morgan fingerprint density at radius 2 is 1.57 bits per heavy atom. The van der Waals surface area contributed by atoms with Gasteiger partial charge in [-0.25, -0.2) is 0 Å². The standard InChI is InChI=1S/C38H50O6/c1-22(2)11-14-26-20-37-21-27(15-12-23(3)4)36(9,10)44-33(37)30(31(41)25-13-16-28(39)29(40)19-25)32(42)38(34(37)43,35(26,7)8)18-17-24(5)6/h11,13,16-17,19,26-27,39-40H,3,12,14-15,18,20-21H2,1-2,4-10H3. The van der Waals surface area contributed by atoms with Crippen LogP contribution in [-0.2, 0) is 14.3 Å². The van der Waals surface area contributed by atoms with Crippen LogP contribution in [0.2, 0.25) is 0 Å². The van der Waals surface area contributed by atoms with E-state index in [-0.39, 0.29) is 46.7 Å². The maximum Gasteiger partial charge on any atom is 0.200 e. The number of Topliss-reactive ketones (excluding diaryl/α,β-unsaturated/α-hetero) is 3. The molecule has 2 N–H and O–H groups in total. The Hall–Kier alpha value is -3.41. The van der Waals surface area contributed by atoms with E-state index in [2.05, 4.69) is 26.5 Å². The Morgan fingerprint density at radius 1 is 0.955 bits per heavy atom. The maximum absolute atomic E-state index is 15.3. The molecular formula is C38H50O6. The van der Waals surface area contributed by atoms with Crippen molar-refractivity contribution in [3.63, 3.8) is 0 Å². The number of rotatable bonds is 9. The molecule has 4 unspecified atom stereocenters. The molecule has 1 saturated heterocycles. The molecular weight excluding hydrogens is 552 g/mol. The molecule has 2 fully saturated rings. The second-order valence-electron chi connectivity index (χ2n) is 15.1. The first-order valence-electron chi connectivity index (χ1n) is 15.8. The number of allylic oxidation sites excluding steroid dienone is 7. The van der Waals surface area contributed by atoms with Crippen molar-refractivity contribution >= 4 is 17.3 Å². The summed E-state index contributed by atoms with van der Waals surface area (Å²) in [5.74, 6) is -1.92. The monoisotopic (exact) mass is 602 g/mol.